The minimum absolute atomic E-state index is 0.0266. The Bertz CT molecular complexity index is 891. The molecule has 0 radical (unpaired) electrons. The summed E-state index contributed by atoms with van der Waals surface area (Å²) < 4.78 is 19.6. The summed E-state index contributed by atoms with van der Waals surface area (Å²) in [6.07, 6.45) is 1.29. The van der Waals surface area contributed by atoms with E-state index in [0.29, 0.717) is 43.3 Å². The molecule has 150 valence electrons. The number of carbonyl (C=O) groups is 2. The van der Waals surface area contributed by atoms with Crippen LogP contribution in [0.2, 0.25) is 5.02 Å². The molecule has 1 aromatic heterocycles. The van der Waals surface area contributed by atoms with Gasteiger partial charge in [-0.3, -0.25) is 4.79 Å². The second kappa shape index (κ2) is 8.18. The molecule has 0 aliphatic carbocycles. The Labute approximate surface area is 167 Å². The van der Waals surface area contributed by atoms with Crippen LogP contribution in [-0.2, 0) is 0 Å². The summed E-state index contributed by atoms with van der Waals surface area (Å²) in [5.74, 6) is 0.260. The van der Waals surface area contributed by atoms with Gasteiger partial charge in [0.2, 0.25) is 0 Å². The molecule has 0 spiro atoms. The van der Waals surface area contributed by atoms with Gasteiger partial charge in [0.25, 0.3) is 5.91 Å². The molecule has 2 heterocycles. The van der Waals surface area contributed by atoms with Gasteiger partial charge >= 0.3 is 6.03 Å². The Morgan fingerprint density at radius 3 is 2.61 bits per heavy atom. The summed E-state index contributed by atoms with van der Waals surface area (Å²) in [6.45, 7) is 2.67. The van der Waals surface area contributed by atoms with Gasteiger partial charge in [0.05, 0.1) is 5.69 Å². The van der Waals surface area contributed by atoms with Crippen molar-refractivity contribution < 1.29 is 18.4 Å². The van der Waals surface area contributed by atoms with Crippen molar-refractivity contribution in [3.8, 4) is 0 Å². The first-order valence-electron chi connectivity index (χ1n) is 8.96. The summed E-state index contributed by atoms with van der Waals surface area (Å²) in [7, 11) is 3.33. The number of amides is 3. The van der Waals surface area contributed by atoms with Gasteiger partial charge in [-0.25, -0.2) is 14.2 Å². The molecule has 7 nitrogen and oxygen atoms in total. The molecule has 1 aromatic carbocycles. The zero-order chi connectivity index (χ0) is 20.4. The van der Waals surface area contributed by atoms with Gasteiger partial charge in [-0.1, -0.05) is 11.6 Å². The van der Waals surface area contributed by atoms with E-state index in [4.69, 9.17) is 16.0 Å². The van der Waals surface area contributed by atoms with Crippen LogP contribution < -0.4 is 5.32 Å². The van der Waals surface area contributed by atoms with Crippen LogP contribution in [0.5, 0.6) is 0 Å². The zero-order valence-corrected chi connectivity index (χ0v) is 16.7. The first-order valence-corrected chi connectivity index (χ1v) is 9.34. The van der Waals surface area contributed by atoms with Gasteiger partial charge in [0, 0.05) is 38.1 Å². The van der Waals surface area contributed by atoms with Crippen LogP contribution in [0.3, 0.4) is 0 Å². The first kappa shape index (κ1) is 20.1. The van der Waals surface area contributed by atoms with Crippen molar-refractivity contribution in [2.24, 2.45) is 0 Å². The van der Waals surface area contributed by atoms with E-state index in [1.807, 2.05) is 0 Å². The summed E-state index contributed by atoms with van der Waals surface area (Å²) in [6, 6.07) is 3.73. The van der Waals surface area contributed by atoms with Gasteiger partial charge in [0.15, 0.2) is 11.6 Å². The fourth-order valence-electron chi connectivity index (χ4n) is 3.12. The fraction of sp³-hybridized carbons (Fsp3) is 0.421. The van der Waals surface area contributed by atoms with E-state index in [-0.39, 0.29) is 28.6 Å². The van der Waals surface area contributed by atoms with Crippen molar-refractivity contribution >= 4 is 29.2 Å². The number of oxazole rings is 1. The molecule has 0 unspecified atom stereocenters. The van der Waals surface area contributed by atoms with E-state index in [0.717, 1.165) is 6.07 Å². The van der Waals surface area contributed by atoms with Crippen molar-refractivity contribution in [1.29, 1.82) is 0 Å². The molecule has 1 fully saturated rings. The third-order valence-electron chi connectivity index (χ3n) is 4.73. The number of anilines is 1. The Balaban J connectivity index is 1.60. The van der Waals surface area contributed by atoms with Crippen molar-refractivity contribution in [3.63, 3.8) is 0 Å². The highest BCUT2D eigenvalue weighted by Crippen LogP contribution is 2.29. The van der Waals surface area contributed by atoms with Crippen LogP contribution in [0.1, 0.15) is 40.9 Å². The quantitative estimate of drug-likeness (QED) is 0.835. The highest BCUT2D eigenvalue weighted by atomic mass is 35.5. The summed E-state index contributed by atoms with van der Waals surface area (Å²) in [5, 5.41) is 2.83. The molecule has 1 N–H and O–H groups in total. The number of rotatable bonds is 3. The number of hydrogen-bond acceptors (Lipinski definition) is 4. The minimum atomic E-state index is -0.580. The zero-order valence-electron chi connectivity index (χ0n) is 16.0. The molecule has 1 saturated heterocycles. The molecule has 1 aliphatic heterocycles. The molecular formula is C19H22ClFN4O3. The van der Waals surface area contributed by atoms with Gasteiger partial charge in [-0.05, 0) is 38.0 Å². The van der Waals surface area contributed by atoms with Crippen LogP contribution in [0, 0.1) is 12.7 Å². The lowest BCUT2D eigenvalue weighted by Gasteiger charge is -2.30. The number of aromatic nitrogens is 1. The van der Waals surface area contributed by atoms with E-state index in [1.54, 1.807) is 25.9 Å². The van der Waals surface area contributed by atoms with Crippen molar-refractivity contribution in [2.45, 2.75) is 25.7 Å². The first-order chi connectivity index (χ1) is 13.3. The Hall–Kier alpha value is -2.61. The normalized spacial score (nSPS) is 14.8. The van der Waals surface area contributed by atoms with Crippen LogP contribution in [-0.4, -0.2) is 53.9 Å². The number of piperidine rings is 1. The summed E-state index contributed by atoms with van der Waals surface area (Å²) in [4.78, 5) is 32.0. The average molecular weight is 409 g/mol. The standard InChI is InChI=1S/C19H22ClFN4O3/c1-11-16(18(26)24(2)3)23-17(28-11)12-6-8-25(9-7-12)19(27)22-15-5-4-13(20)10-14(15)21/h4-5,10,12H,6-9H2,1-3H3,(H,22,27). The van der Waals surface area contributed by atoms with E-state index in [1.165, 1.54) is 17.0 Å². The second-order valence-electron chi connectivity index (χ2n) is 6.97. The average Bonchev–Trinajstić information content (AvgIpc) is 3.05. The molecular weight excluding hydrogens is 387 g/mol. The van der Waals surface area contributed by atoms with Gasteiger partial charge in [0.1, 0.15) is 11.6 Å². The van der Waals surface area contributed by atoms with E-state index >= 15 is 0 Å². The summed E-state index contributed by atoms with van der Waals surface area (Å²) >= 11 is 5.72. The molecule has 0 atom stereocenters. The Morgan fingerprint density at radius 2 is 2.00 bits per heavy atom. The summed E-state index contributed by atoms with van der Waals surface area (Å²) in [5.41, 5.74) is 0.407. The maximum Gasteiger partial charge on any atom is 0.321 e. The lowest BCUT2D eigenvalue weighted by Crippen LogP contribution is -2.40. The number of nitrogens with zero attached hydrogens (tertiary/aromatic N) is 3. The van der Waals surface area contributed by atoms with Crippen LogP contribution in [0.4, 0.5) is 14.9 Å². The number of halogens is 2. The molecule has 3 amide bonds. The SMILES string of the molecule is Cc1oc(C2CCN(C(=O)Nc3ccc(Cl)cc3F)CC2)nc1C(=O)N(C)C. The number of carbonyl (C=O) groups excluding carboxylic acids is 2. The topological polar surface area (TPSA) is 78.7 Å². The highest BCUT2D eigenvalue weighted by molar-refractivity contribution is 6.30. The van der Waals surface area contributed by atoms with Gasteiger partial charge < -0.3 is 19.5 Å². The van der Waals surface area contributed by atoms with E-state index in [2.05, 4.69) is 10.3 Å². The maximum absolute atomic E-state index is 13.9. The number of aryl methyl sites for hydroxylation is 1. The minimum Gasteiger partial charge on any atom is -0.445 e. The maximum atomic E-state index is 13.9. The number of hydrogen-bond donors (Lipinski definition) is 1. The predicted octanol–water partition coefficient (Wildman–Crippen LogP) is 3.89. The number of nitrogens with one attached hydrogen (secondary N) is 1. The van der Waals surface area contributed by atoms with Crippen molar-refractivity contribution in [1.82, 2.24) is 14.8 Å². The Kier molecular flexibility index (Phi) is 5.88. The van der Waals surface area contributed by atoms with Crippen LogP contribution in [0.25, 0.3) is 0 Å². The lowest BCUT2D eigenvalue weighted by atomic mass is 9.97. The van der Waals surface area contributed by atoms with E-state index < -0.39 is 5.82 Å². The van der Waals surface area contributed by atoms with Crippen molar-refractivity contribution in [3.05, 3.63) is 46.4 Å². The van der Waals surface area contributed by atoms with E-state index in [9.17, 15) is 14.0 Å². The number of urea groups is 1. The predicted molar refractivity (Wildman–Crippen MR) is 103 cm³/mol. The molecule has 0 bridgehead atoms. The van der Waals surface area contributed by atoms with Crippen LogP contribution in [0.15, 0.2) is 22.6 Å². The smallest absolute Gasteiger partial charge is 0.321 e. The van der Waals surface area contributed by atoms with Gasteiger partial charge in [-0.2, -0.15) is 0 Å². The van der Waals surface area contributed by atoms with Gasteiger partial charge in [-0.15, -0.1) is 0 Å². The molecule has 2 aromatic rings. The largest absolute Gasteiger partial charge is 0.445 e. The Morgan fingerprint density at radius 1 is 1.32 bits per heavy atom. The molecule has 0 saturated carbocycles. The lowest BCUT2D eigenvalue weighted by molar-refractivity contribution is 0.0821. The molecule has 3 rings (SSSR count). The number of benzene rings is 1. The highest BCUT2D eigenvalue weighted by Gasteiger charge is 2.29. The van der Waals surface area contributed by atoms with Crippen LogP contribution >= 0.6 is 11.6 Å². The second-order valence-corrected chi connectivity index (χ2v) is 7.41. The molecule has 28 heavy (non-hydrogen) atoms. The molecule has 9 heteroatoms. The molecule has 1 aliphatic rings. The van der Waals surface area contributed by atoms with Crippen molar-refractivity contribution in [2.75, 3.05) is 32.5 Å². The monoisotopic (exact) mass is 408 g/mol. The fourth-order valence-corrected chi connectivity index (χ4v) is 3.28. The number of likely N-dealkylation sites (tertiary alicyclic amines) is 1. The third-order valence-corrected chi connectivity index (χ3v) is 4.96. The third kappa shape index (κ3) is 4.27.